The molecule has 0 unspecified atom stereocenters. The standard InChI is InChI=1S/C13H19NO.C12H17FN2.C9H14.C2H6.C2H2/c1-4-11-7-9-12(10-8-11)13(15)14(5-2)6-3;1-10-8-15(7-6-14-10)9-11-2-4-12(13)5-3-11;1-3-5-7-9-8-6-4-2;2*1-2/h7-10H,4-6H2,1-3H3;2-5,10,14H,6-9H2,1H3;3,6-9H,1,4-5H2,2H3;1-2H3;1-2H/b;;8-6-,9-7-;;/t;10-;;;/m.0.../s1. The summed E-state index contributed by atoms with van der Waals surface area (Å²) in [5.74, 6) is -0.0323. The van der Waals surface area contributed by atoms with Gasteiger partial charge in [-0.3, -0.25) is 9.69 Å². The predicted molar refractivity (Wildman–Crippen MR) is 187 cm³/mol. The van der Waals surface area contributed by atoms with E-state index in [9.17, 15) is 9.18 Å². The molecular weight excluding hydrogens is 533 g/mol. The molecule has 1 saturated heterocycles. The van der Waals surface area contributed by atoms with Gasteiger partial charge in [-0.1, -0.05) is 82.3 Å². The molecule has 0 spiro atoms. The van der Waals surface area contributed by atoms with E-state index in [0.717, 1.165) is 64.1 Å². The molecule has 4 nitrogen and oxygen atoms in total. The molecule has 0 aromatic heterocycles. The molecule has 238 valence electrons. The number of hydrogen-bond donors (Lipinski definition) is 1. The summed E-state index contributed by atoms with van der Waals surface area (Å²) >= 11 is 0. The lowest BCUT2D eigenvalue weighted by atomic mass is 10.1. The van der Waals surface area contributed by atoms with E-state index in [4.69, 9.17) is 0 Å². The Kier molecular flexibility index (Phi) is 27.8. The first-order chi connectivity index (χ1) is 20.9. The number of nitrogens with one attached hydrogen (secondary N) is 1. The molecule has 1 fully saturated rings. The van der Waals surface area contributed by atoms with Gasteiger partial charge in [-0.05, 0) is 75.4 Å². The quantitative estimate of drug-likeness (QED) is 0.171. The van der Waals surface area contributed by atoms with E-state index in [2.05, 4.69) is 68.6 Å². The summed E-state index contributed by atoms with van der Waals surface area (Å²) in [6, 6.07) is 15.2. The molecule has 1 atom stereocenters. The Bertz CT molecular complexity index is 1020. The maximum Gasteiger partial charge on any atom is 0.253 e. The largest absolute Gasteiger partial charge is 0.339 e. The van der Waals surface area contributed by atoms with Gasteiger partial charge in [-0.25, -0.2) is 4.39 Å². The lowest BCUT2D eigenvalue weighted by Crippen LogP contribution is -2.48. The summed E-state index contributed by atoms with van der Waals surface area (Å²) in [4.78, 5) is 16.2. The third kappa shape index (κ3) is 20.1. The molecule has 5 heteroatoms. The van der Waals surface area contributed by atoms with E-state index in [1.807, 2.05) is 81.1 Å². The van der Waals surface area contributed by atoms with Crippen molar-refractivity contribution in [2.45, 2.75) is 80.3 Å². The van der Waals surface area contributed by atoms with Crippen LogP contribution in [0.15, 0.2) is 85.5 Å². The maximum absolute atomic E-state index is 12.7. The van der Waals surface area contributed by atoms with Crippen molar-refractivity contribution in [3.63, 3.8) is 0 Å². The molecule has 3 rings (SSSR count). The summed E-state index contributed by atoms with van der Waals surface area (Å²) in [6.45, 7) is 23.7. The summed E-state index contributed by atoms with van der Waals surface area (Å²) in [6.07, 6.45) is 21.3. The second kappa shape index (κ2) is 28.6. The van der Waals surface area contributed by atoms with Crippen LogP contribution in [-0.2, 0) is 13.0 Å². The molecule has 1 amide bonds. The molecule has 2 aromatic carbocycles. The number of amides is 1. The number of carbonyl (C=O) groups is 1. The number of piperazine rings is 1. The lowest BCUT2D eigenvalue weighted by Gasteiger charge is -2.31. The zero-order chi connectivity index (χ0) is 32.9. The number of rotatable bonds is 10. The molecule has 43 heavy (non-hydrogen) atoms. The number of halogens is 1. The molecule has 2 aromatic rings. The maximum atomic E-state index is 12.7. The van der Waals surface area contributed by atoms with Crippen LogP contribution in [0.3, 0.4) is 0 Å². The smallest absolute Gasteiger partial charge is 0.253 e. The molecule has 0 aliphatic carbocycles. The number of nitrogens with zero attached hydrogens (tertiary/aromatic N) is 2. The predicted octanol–water partition coefficient (Wildman–Crippen LogP) is 8.71. The Hall–Kier alpha value is -3.46. The Morgan fingerprint density at radius 2 is 1.53 bits per heavy atom. The van der Waals surface area contributed by atoms with Crippen LogP contribution in [0.5, 0.6) is 0 Å². The SMILES string of the molecule is C#C.C=CC/C=C\C=C/CC.CC.CCc1ccc(C(=O)N(CC)CC)cc1.C[C@H]1CN(Cc2ccc(F)cc2)CCN1. The number of aryl methyl sites for hydroxylation is 1. The van der Waals surface area contributed by atoms with E-state index >= 15 is 0 Å². The average molecular weight is 592 g/mol. The van der Waals surface area contributed by atoms with Crippen molar-refractivity contribution in [1.29, 1.82) is 0 Å². The molecule has 0 saturated carbocycles. The van der Waals surface area contributed by atoms with Gasteiger partial charge in [0.1, 0.15) is 5.82 Å². The highest BCUT2D eigenvalue weighted by molar-refractivity contribution is 5.94. The van der Waals surface area contributed by atoms with Crippen molar-refractivity contribution in [2.24, 2.45) is 0 Å². The number of carbonyl (C=O) groups excluding carboxylic acids is 1. The van der Waals surface area contributed by atoms with E-state index in [0.29, 0.717) is 6.04 Å². The first-order valence-electron chi connectivity index (χ1n) is 15.7. The normalized spacial score (nSPS) is 14.0. The van der Waals surface area contributed by atoms with E-state index in [1.54, 1.807) is 0 Å². The van der Waals surface area contributed by atoms with Gasteiger partial charge in [-0.15, -0.1) is 19.4 Å². The lowest BCUT2D eigenvalue weighted by molar-refractivity contribution is 0.0773. The molecule has 1 heterocycles. The highest BCUT2D eigenvalue weighted by Gasteiger charge is 2.15. The van der Waals surface area contributed by atoms with Crippen molar-refractivity contribution in [3.05, 3.63) is 108 Å². The highest BCUT2D eigenvalue weighted by Crippen LogP contribution is 2.09. The van der Waals surface area contributed by atoms with Crippen LogP contribution >= 0.6 is 0 Å². The average Bonchev–Trinajstić information content (AvgIpc) is 3.05. The fraction of sp³-hybridized carbons (Fsp3) is 0.447. The van der Waals surface area contributed by atoms with Gasteiger partial charge in [0.05, 0.1) is 0 Å². The second-order valence-electron chi connectivity index (χ2n) is 9.53. The van der Waals surface area contributed by atoms with Crippen LogP contribution in [-0.4, -0.2) is 54.5 Å². The summed E-state index contributed by atoms with van der Waals surface area (Å²) in [5.41, 5.74) is 3.24. The fourth-order valence-electron chi connectivity index (χ4n) is 4.05. The third-order valence-corrected chi connectivity index (χ3v) is 6.35. The fourth-order valence-corrected chi connectivity index (χ4v) is 4.05. The molecular formula is C38H58FN3O. The number of allylic oxidation sites excluding steroid dienone is 5. The van der Waals surface area contributed by atoms with Crippen LogP contribution in [0.4, 0.5) is 4.39 Å². The van der Waals surface area contributed by atoms with Crippen molar-refractivity contribution < 1.29 is 9.18 Å². The van der Waals surface area contributed by atoms with Crippen LogP contribution in [0.1, 0.15) is 82.8 Å². The van der Waals surface area contributed by atoms with Gasteiger partial charge < -0.3 is 10.2 Å². The zero-order valence-electron chi connectivity index (χ0n) is 28.0. The number of hydrogen-bond acceptors (Lipinski definition) is 3. The van der Waals surface area contributed by atoms with Crippen LogP contribution in [0.25, 0.3) is 0 Å². The minimum absolute atomic E-state index is 0.127. The van der Waals surface area contributed by atoms with E-state index in [-0.39, 0.29) is 11.7 Å². The van der Waals surface area contributed by atoms with E-state index < -0.39 is 0 Å². The van der Waals surface area contributed by atoms with Gasteiger partial charge in [0.2, 0.25) is 0 Å². The molecule has 0 bridgehead atoms. The molecule has 1 aliphatic rings. The number of benzene rings is 2. The van der Waals surface area contributed by atoms with Crippen molar-refractivity contribution >= 4 is 5.91 Å². The van der Waals surface area contributed by atoms with Gasteiger partial charge in [0, 0.05) is 50.9 Å². The summed E-state index contributed by atoms with van der Waals surface area (Å²) in [5, 5.41) is 3.41. The van der Waals surface area contributed by atoms with Crippen LogP contribution in [0.2, 0.25) is 0 Å². The first kappa shape index (κ1) is 41.7. The molecule has 1 N–H and O–H groups in total. The summed E-state index contributed by atoms with van der Waals surface area (Å²) < 4.78 is 12.7. The Labute approximate surface area is 263 Å². The van der Waals surface area contributed by atoms with Crippen LogP contribution in [0, 0.1) is 18.7 Å². The Morgan fingerprint density at radius 3 is 2.02 bits per heavy atom. The minimum atomic E-state index is -0.160. The summed E-state index contributed by atoms with van der Waals surface area (Å²) in [7, 11) is 0. The zero-order valence-corrected chi connectivity index (χ0v) is 28.0. The topological polar surface area (TPSA) is 35.6 Å². The van der Waals surface area contributed by atoms with Crippen molar-refractivity contribution in [1.82, 2.24) is 15.1 Å². The second-order valence-corrected chi connectivity index (χ2v) is 9.53. The molecule has 0 radical (unpaired) electrons. The monoisotopic (exact) mass is 591 g/mol. The Balaban J connectivity index is 0. The number of terminal acetylenes is 1. The van der Waals surface area contributed by atoms with Crippen LogP contribution < -0.4 is 5.32 Å². The Morgan fingerprint density at radius 1 is 0.977 bits per heavy atom. The third-order valence-electron chi connectivity index (χ3n) is 6.35. The van der Waals surface area contributed by atoms with Gasteiger partial charge in [-0.2, -0.15) is 0 Å². The van der Waals surface area contributed by atoms with Crippen molar-refractivity contribution in [2.75, 3.05) is 32.7 Å². The van der Waals surface area contributed by atoms with Gasteiger partial charge in [0.15, 0.2) is 0 Å². The molecule has 1 aliphatic heterocycles. The van der Waals surface area contributed by atoms with Gasteiger partial charge >= 0.3 is 0 Å². The minimum Gasteiger partial charge on any atom is -0.339 e. The van der Waals surface area contributed by atoms with Crippen molar-refractivity contribution in [3.8, 4) is 12.8 Å². The highest BCUT2D eigenvalue weighted by atomic mass is 19.1. The van der Waals surface area contributed by atoms with E-state index in [1.165, 1.54) is 23.3 Å². The first-order valence-corrected chi connectivity index (χ1v) is 15.7. The van der Waals surface area contributed by atoms with Gasteiger partial charge in [0.25, 0.3) is 5.91 Å².